The topological polar surface area (TPSA) is 92.4 Å². The Labute approximate surface area is 124 Å². The lowest BCUT2D eigenvalue weighted by Gasteiger charge is -2.10. The predicted molar refractivity (Wildman–Crippen MR) is 83.6 cm³/mol. The molecule has 0 fully saturated rings. The number of aliphatic hydroxyl groups is 1. The molecule has 2 aromatic carbocycles. The maximum Gasteiger partial charge on any atom is 0.261 e. The number of nitrogens with two attached hydrogens (primary N) is 1. The number of hydrogen-bond acceptors (Lipinski definition) is 4. The fraction of sp³-hybridized carbons (Fsp3) is 0.200. The molecule has 0 saturated heterocycles. The van der Waals surface area contributed by atoms with Crippen LogP contribution < -0.4 is 10.5 Å². The smallest absolute Gasteiger partial charge is 0.261 e. The highest BCUT2D eigenvalue weighted by molar-refractivity contribution is 7.92. The van der Waals surface area contributed by atoms with Gasteiger partial charge >= 0.3 is 0 Å². The third kappa shape index (κ3) is 3.96. The van der Waals surface area contributed by atoms with Gasteiger partial charge < -0.3 is 10.8 Å². The molecule has 0 atom stereocenters. The number of benzene rings is 2. The Morgan fingerprint density at radius 2 is 1.81 bits per heavy atom. The van der Waals surface area contributed by atoms with Gasteiger partial charge in [0.05, 0.1) is 4.90 Å². The molecule has 0 spiro atoms. The van der Waals surface area contributed by atoms with Crippen molar-refractivity contribution < 1.29 is 13.5 Å². The molecule has 21 heavy (non-hydrogen) atoms. The molecular formula is C15H18N2O3S. The molecule has 112 valence electrons. The van der Waals surface area contributed by atoms with E-state index in [9.17, 15) is 8.42 Å². The van der Waals surface area contributed by atoms with E-state index in [1.165, 1.54) is 6.07 Å². The second-order valence-electron chi connectivity index (χ2n) is 4.86. The Morgan fingerprint density at radius 3 is 2.38 bits per heavy atom. The lowest BCUT2D eigenvalue weighted by atomic mass is 10.1. The van der Waals surface area contributed by atoms with Crippen LogP contribution in [0.25, 0.3) is 0 Å². The number of nitrogens with one attached hydrogen (secondary N) is 1. The minimum Gasteiger partial charge on any atom is -0.399 e. The van der Waals surface area contributed by atoms with Gasteiger partial charge in [0, 0.05) is 18.0 Å². The molecule has 0 aromatic heterocycles. The van der Waals surface area contributed by atoms with Gasteiger partial charge in [-0.3, -0.25) is 4.72 Å². The second-order valence-corrected chi connectivity index (χ2v) is 6.54. The van der Waals surface area contributed by atoms with Crippen LogP contribution >= 0.6 is 0 Å². The van der Waals surface area contributed by atoms with Crippen LogP contribution in [0.4, 0.5) is 11.4 Å². The normalized spacial score (nSPS) is 11.3. The van der Waals surface area contributed by atoms with E-state index < -0.39 is 10.0 Å². The molecule has 2 aromatic rings. The third-order valence-corrected chi connectivity index (χ3v) is 4.35. The summed E-state index contributed by atoms with van der Waals surface area (Å²) in [6.45, 7) is 1.85. The van der Waals surface area contributed by atoms with Crippen LogP contribution in [0, 0.1) is 6.92 Å². The SMILES string of the molecule is Cc1cc(N)cc(S(=O)(=O)Nc2ccc(CCO)cc2)c1. The Hall–Kier alpha value is -2.05. The summed E-state index contributed by atoms with van der Waals surface area (Å²) in [5.41, 5.74) is 8.30. The monoisotopic (exact) mass is 306 g/mol. The van der Waals surface area contributed by atoms with Crippen molar-refractivity contribution in [1.29, 1.82) is 0 Å². The van der Waals surface area contributed by atoms with Crippen molar-refractivity contribution in [3.8, 4) is 0 Å². The van der Waals surface area contributed by atoms with Crippen molar-refractivity contribution in [2.24, 2.45) is 0 Å². The number of anilines is 2. The number of hydrogen-bond donors (Lipinski definition) is 3. The van der Waals surface area contributed by atoms with E-state index in [0.717, 1.165) is 11.1 Å². The minimum atomic E-state index is -3.66. The number of rotatable bonds is 5. The lowest BCUT2D eigenvalue weighted by Crippen LogP contribution is -2.13. The van der Waals surface area contributed by atoms with Crippen LogP contribution in [0.15, 0.2) is 47.4 Å². The Balaban J connectivity index is 2.24. The maximum absolute atomic E-state index is 12.3. The number of sulfonamides is 1. The first-order valence-corrected chi connectivity index (χ1v) is 7.99. The number of aryl methyl sites for hydroxylation is 1. The highest BCUT2D eigenvalue weighted by Gasteiger charge is 2.15. The van der Waals surface area contributed by atoms with Crippen LogP contribution in [0.3, 0.4) is 0 Å². The first-order valence-electron chi connectivity index (χ1n) is 6.50. The zero-order chi connectivity index (χ0) is 15.5. The van der Waals surface area contributed by atoms with Crippen LogP contribution in [0.2, 0.25) is 0 Å². The first-order chi connectivity index (χ1) is 9.90. The first kappa shape index (κ1) is 15.3. The fourth-order valence-corrected chi connectivity index (χ4v) is 3.21. The van der Waals surface area contributed by atoms with Gasteiger partial charge in [-0.25, -0.2) is 8.42 Å². The van der Waals surface area contributed by atoms with Gasteiger partial charge in [-0.1, -0.05) is 12.1 Å². The molecule has 0 aliphatic heterocycles. The molecule has 0 radical (unpaired) electrons. The molecule has 0 saturated carbocycles. The zero-order valence-corrected chi connectivity index (χ0v) is 12.5. The highest BCUT2D eigenvalue weighted by Crippen LogP contribution is 2.20. The van der Waals surface area contributed by atoms with Crippen LogP contribution in [0.5, 0.6) is 0 Å². The van der Waals surface area contributed by atoms with E-state index in [2.05, 4.69) is 4.72 Å². The summed E-state index contributed by atoms with van der Waals surface area (Å²) in [5, 5.41) is 8.85. The Bertz CT molecular complexity index is 705. The van der Waals surface area contributed by atoms with E-state index >= 15 is 0 Å². The second kappa shape index (κ2) is 6.15. The Morgan fingerprint density at radius 1 is 1.14 bits per heavy atom. The summed E-state index contributed by atoms with van der Waals surface area (Å²) in [5.74, 6) is 0. The van der Waals surface area contributed by atoms with Gasteiger partial charge in [-0.15, -0.1) is 0 Å². The molecule has 0 aliphatic rings. The molecule has 6 heteroatoms. The van der Waals surface area contributed by atoms with Crippen molar-refractivity contribution in [2.75, 3.05) is 17.1 Å². The molecule has 0 bridgehead atoms. The van der Waals surface area contributed by atoms with Crippen molar-refractivity contribution in [1.82, 2.24) is 0 Å². The molecule has 0 heterocycles. The Kier molecular flexibility index (Phi) is 4.50. The molecule has 4 N–H and O–H groups in total. The molecule has 5 nitrogen and oxygen atoms in total. The van der Waals surface area contributed by atoms with Crippen molar-refractivity contribution in [3.63, 3.8) is 0 Å². The maximum atomic E-state index is 12.3. The highest BCUT2D eigenvalue weighted by atomic mass is 32.2. The minimum absolute atomic E-state index is 0.0631. The standard InChI is InChI=1S/C15H18N2O3S/c1-11-8-13(16)10-15(9-11)21(19,20)17-14-4-2-12(3-5-14)6-7-18/h2-5,8-10,17-18H,6-7,16H2,1H3. The molecule has 2 rings (SSSR count). The average molecular weight is 306 g/mol. The van der Waals surface area contributed by atoms with E-state index in [-0.39, 0.29) is 11.5 Å². The van der Waals surface area contributed by atoms with Gasteiger partial charge in [-0.2, -0.15) is 0 Å². The molecule has 0 unspecified atom stereocenters. The van der Waals surface area contributed by atoms with E-state index in [1.54, 1.807) is 43.3 Å². The van der Waals surface area contributed by atoms with Crippen LogP contribution in [-0.2, 0) is 16.4 Å². The van der Waals surface area contributed by atoms with E-state index in [4.69, 9.17) is 10.8 Å². The summed E-state index contributed by atoms with van der Waals surface area (Å²) in [4.78, 5) is 0.138. The van der Waals surface area contributed by atoms with Crippen LogP contribution in [-0.4, -0.2) is 20.1 Å². The van der Waals surface area contributed by atoms with E-state index in [1.807, 2.05) is 0 Å². The van der Waals surface area contributed by atoms with E-state index in [0.29, 0.717) is 17.8 Å². The number of aliphatic hydroxyl groups excluding tert-OH is 1. The third-order valence-electron chi connectivity index (χ3n) is 2.99. The summed E-state index contributed by atoms with van der Waals surface area (Å²) in [6, 6.07) is 11.6. The molecular weight excluding hydrogens is 288 g/mol. The summed E-state index contributed by atoms with van der Waals surface area (Å²) in [6.07, 6.45) is 0.543. The predicted octanol–water partition coefficient (Wildman–Crippen LogP) is 1.91. The molecule has 0 aliphatic carbocycles. The average Bonchev–Trinajstić information content (AvgIpc) is 2.40. The lowest BCUT2D eigenvalue weighted by molar-refractivity contribution is 0.299. The number of nitrogen functional groups attached to an aromatic ring is 1. The summed E-state index contributed by atoms with van der Waals surface area (Å²) < 4.78 is 27.1. The van der Waals surface area contributed by atoms with Gasteiger partial charge in [0.25, 0.3) is 10.0 Å². The fourth-order valence-electron chi connectivity index (χ4n) is 2.01. The quantitative estimate of drug-likeness (QED) is 0.736. The molecule has 0 amide bonds. The van der Waals surface area contributed by atoms with Gasteiger partial charge in [0.15, 0.2) is 0 Å². The zero-order valence-electron chi connectivity index (χ0n) is 11.7. The largest absolute Gasteiger partial charge is 0.399 e. The van der Waals surface area contributed by atoms with Gasteiger partial charge in [0.2, 0.25) is 0 Å². The summed E-state index contributed by atoms with van der Waals surface area (Å²) >= 11 is 0. The van der Waals surface area contributed by atoms with Crippen molar-refractivity contribution in [2.45, 2.75) is 18.2 Å². The van der Waals surface area contributed by atoms with Gasteiger partial charge in [0.1, 0.15) is 0 Å². The van der Waals surface area contributed by atoms with Crippen molar-refractivity contribution >= 4 is 21.4 Å². The van der Waals surface area contributed by atoms with Gasteiger partial charge in [-0.05, 0) is 54.8 Å². The summed E-state index contributed by atoms with van der Waals surface area (Å²) in [7, 11) is -3.66. The van der Waals surface area contributed by atoms with Crippen molar-refractivity contribution in [3.05, 3.63) is 53.6 Å². The van der Waals surface area contributed by atoms with Crippen LogP contribution in [0.1, 0.15) is 11.1 Å².